The van der Waals surface area contributed by atoms with Gasteiger partial charge in [0.15, 0.2) is 5.96 Å². The molecule has 0 bridgehead atoms. The van der Waals surface area contributed by atoms with Gasteiger partial charge in [-0.2, -0.15) is 0 Å². The Kier molecular flexibility index (Phi) is 3.36. The Labute approximate surface area is 68.9 Å². The van der Waals surface area contributed by atoms with Gasteiger partial charge >= 0.3 is 0 Å². The summed E-state index contributed by atoms with van der Waals surface area (Å²) in [7, 11) is 0. The van der Waals surface area contributed by atoms with E-state index in [0.29, 0.717) is 12.5 Å². The summed E-state index contributed by atoms with van der Waals surface area (Å²) in [4.78, 5) is 3.99. The quantitative estimate of drug-likeness (QED) is 0.473. The third-order valence-corrected chi connectivity index (χ3v) is 2.23. The Bertz CT molecular complexity index is 143. The van der Waals surface area contributed by atoms with Gasteiger partial charge in [-0.05, 0) is 11.3 Å². The Morgan fingerprint density at radius 3 is 2.09 bits per heavy atom. The molecule has 0 aliphatic carbocycles. The van der Waals surface area contributed by atoms with Crippen molar-refractivity contribution in [2.24, 2.45) is 27.8 Å². The minimum atomic E-state index is 0.179. The van der Waals surface area contributed by atoms with Crippen molar-refractivity contribution in [3.8, 4) is 0 Å². The van der Waals surface area contributed by atoms with Crippen LogP contribution in [0, 0.1) is 11.3 Å². The zero-order valence-corrected chi connectivity index (χ0v) is 7.89. The second-order valence-electron chi connectivity index (χ2n) is 3.88. The highest BCUT2D eigenvalue weighted by Gasteiger charge is 2.21. The Morgan fingerprint density at radius 1 is 1.36 bits per heavy atom. The van der Waals surface area contributed by atoms with Crippen molar-refractivity contribution in [1.82, 2.24) is 0 Å². The van der Waals surface area contributed by atoms with E-state index in [4.69, 9.17) is 11.5 Å². The minimum Gasteiger partial charge on any atom is -0.370 e. The molecule has 0 aliphatic rings. The van der Waals surface area contributed by atoms with E-state index in [0.717, 1.165) is 0 Å². The topological polar surface area (TPSA) is 64.4 Å². The van der Waals surface area contributed by atoms with Crippen LogP contribution >= 0.6 is 0 Å². The molecule has 0 aromatic carbocycles. The van der Waals surface area contributed by atoms with Gasteiger partial charge in [0.1, 0.15) is 0 Å². The lowest BCUT2D eigenvalue weighted by Gasteiger charge is -2.26. The number of rotatable bonds is 3. The van der Waals surface area contributed by atoms with Gasteiger partial charge in [0, 0.05) is 6.54 Å². The van der Waals surface area contributed by atoms with Crippen molar-refractivity contribution in [2.75, 3.05) is 6.54 Å². The summed E-state index contributed by atoms with van der Waals surface area (Å²) in [5, 5.41) is 0. The fourth-order valence-corrected chi connectivity index (χ4v) is 0.478. The zero-order valence-electron chi connectivity index (χ0n) is 7.89. The van der Waals surface area contributed by atoms with Crippen molar-refractivity contribution in [1.29, 1.82) is 0 Å². The highest BCUT2D eigenvalue weighted by molar-refractivity contribution is 5.75. The lowest BCUT2D eigenvalue weighted by molar-refractivity contribution is 0.262. The maximum Gasteiger partial charge on any atom is 0.185 e. The molecule has 0 unspecified atom stereocenters. The van der Waals surface area contributed by atoms with Crippen molar-refractivity contribution in [2.45, 2.75) is 27.7 Å². The summed E-state index contributed by atoms with van der Waals surface area (Å²) in [6, 6.07) is 0. The first-order valence-electron chi connectivity index (χ1n) is 3.91. The summed E-state index contributed by atoms with van der Waals surface area (Å²) in [5.41, 5.74) is 10.6. The smallest absolute Gasteiger partial charge is 0.185 e. The fourth-order valence-electron chi connectivity index (χ4n) is 0.478. The molecule has 4 N–H and O–H groups in total. The molecule has 66 valence electrons. The lowest BCUT2D eigenvalue weighted by atomic mass is 9.81. The Morgan fingerprint density at radius 2 is 1.82 bits per heavy atom. The number of nitrogens with two attached hydrogens (primary N) is 2. The Hall–Kier alpha value is -0.730. The van der Waals surface area contributed by atoms with E-state index < -0.39 is 0 Å². The number of hydrogen-bond acceptors (Lipinski definition) is 1. The first kappa shape index (κ1) is 10.3. The van der Waals surface area contributed by atoms with Crippen molar-refractivity contribution in [3.05, 3.63) is 0 Å². The molecule has 3 heteroatoms. The summed E-state index contributed by atoms with van der Waals surface area (Å²) < 4.78 is 0. The van der Waals surface area contributed by atoms with Crippen molar-refractivity contribution >= 4 is 5.96 Å². The van der Waals surface area contributed by atoms with Gasteiger partial charge < -0.3 is 11.5 Å². The first-order valence-corrected chi connectivity index (χ1v) is 3.91. The molecule has 0 heterocycles. The zero-order chi connectivity index (χ0) is 9.07. The monoisotopic (exact) mass is 157 g/mol. The summed E-state index contributed by atoms with van der Waals surface area (Å²) >= 11 is 0. The fraction of sp³-hybridized carbons (Fsp3) is 0.875. The van der Waals surface area contributed by atoms with Crippen molar-refractivity contribution in [3.63, 3.8) is 0 Å². The van der Waals surface area contributed by atoms with E-state index in [1.54, 1.807) is 0 Å². The highest BCUT2D eigenvalue weighted by atomic mass is 15.0. The van der Waals surface area contributed by atoms with Crippen LogP contribution in [0.2, 0.25) is 0 Å². The molecule has 0 aromatic rings. The van der Waals surface area contributed by atoms with Crippen LogP contribution in [0.25, 0.3) is 0 Å². The third kappa shape index (κ3) is 3.86. The molecule has 0 atom stereocenters. The van der Waals surface area contributed by atoms with Gasteiger partial charge in [0.05, 0.1) is 0 Å². The highest BCUT2D eigenvalue weighted by Crippen LogP contribution is 2.25. The SMILES string of the molecule is CC(C)C(C)(C)CN=C(N)N. The van der Waals surface area contributed by atoms with Crippen LogP contribution in [-0.2, 0) is 0 Å². The van der Waals surface area contributed by atoms with Gasteiger partial charge in [-0.1, -0.05) is 27.7 Å². The molecule has 11 heavy (non-hydrogen) atoms. The second-order valence-corrected chi connectivity index (χ2v) is 3.88. The van der Waals surface area contributed by atoms with Crippen LogP contribution in [0.5, 0.6) is 0 Å². The van der Waals surface area contributed by atoms with E-state index in [2.05, 4.69) is 32.7 Å². The van der Waals surface area contributed by atoms with Crippen LogP contribution in [0.1, 0.15) is 27.7 Å². The maximum atomic E-state index is 5.23. The molecule has 0 aromatic heterocycles. The molecule has 0 fully saturated rings. The van der Waals surface area contributed by atoms with Gasteiger partial charge in [0.25, 0.3) is 0 Å². The van der Waals surface area contributed by atoms with Crippen LogP contribution in [0.15, 0.2) is 4.99 Å². The van der Waals surface area contributed by atoms with Crippen molar-refractivity contribution < 1.29 is 0 Å². The second kappa shape index (κ2) is 3.60. The normalized spacial score (nSPS) is 11.7. The summed E-state index contributed by atoms with van der Waals surface area (Å²) in [5.74, 6) is 0.768. The molecule has 0 saturated heterocycles. The minimum absolute atomic E-state index is 0.179. The molecule has 0 spiro atoms. The summed E-state index contributed by atoms with van der Waals surface area (Å²) in [6.07, 6.45) is 0. The van der Waals surface area contributed by atoms with Crippen LogP contribution in [0.4, 0.5) is 0 Å². The molecular weight excluding hydrogens is 138 g/mol. The van der Waals surface area contributed by atoms with Gasteiger partial charge in [-0.3, -0.25) is 4.99 Å². The number of hydrogen-bond donors (Lipinski definition) is 2. The Balaban J connectivity index is 4.03. The molecule has 0 saturated carbocycles. The molecule has 0 radical (unpaired) electrons. The van der Waals surface area contributed by atoms with E-state index in [9.17, 15) is 0 Å². The van der Waals surface area contributed by atoms with Crippen LogP contribution in [-0.4, -0.2) is 12.5 Å². The van der Waals surface area contributed by atoms with E-state index >= 15 is 0 Å². The number of nitrogens with zero attached hydrogens (tertiary/aromatic N) is 1. The van der Waals surface area contributed by atoms with E-state index in [-0.39, 0.29) is 11.4 Å². The molecule has 0 amide bonds. The van der Waals surface area contributed by atoms with Gasteiger partial charge in [-0.25, -0.2) is 0 Å². The predicted molar refractivity (Wildman–Crippen MR) is 49.3 cm³/mol. The maximum absolute atomic E-state index is 5.23. The molecular formula is C8H19N3. The number of aliphatic imine (C=N–C) groups is 1. The molecule has 0 rings (SSSR count). The van der Waals surface area contributed by atoms with Gasteiger partial charge in [0.2, 0.25) is 0 Å². The standard InChI is InChI=1S/C8H19N3/c1-6(2)8(3,4)5-11-7(9)10/h6H,5H2,1-4H3,(H4,9,10,11). The van der Waals surface area contributed by atoms with E-state index in [1.165, 1.54) is 0 Å². The van der Waals surface area contributed by atoms with Gasteiger partial charge in [-0.15, -0.1) is 0 Å². The third-order valence-electron chi connectivity index (χ3n) is 2.23. The van der Waals surface area contributed by atoms with Crippen LogP contribution < -0.4 is 11.5 Å². The predicted octanol–water partition coefficient (Wildman–Crippen LogP) is 0.942. The average Bonchev–Trinajstić information content (AvgIpc) is 1.84. The number of guanidine groups is 1. The average molecular weight is 157 g/mol. The largest absolute Gasteiger partial charge is 0.370 e. The lowest BCUT2D eigenvalue weighted by Crippen LogP contribution is -2.28. The van der Waals surface area contributed by atoms with Crippen LogP contribution in [0.3, 0.4) is 0 Å². The summed E-state index contributed by atoms with van der Waals surface area (Å²) in [6.45, 7) is 9.35. The first-order chi connectivity index (χ1) is 4.86. The molecule has 3 nitrogen and oxygen atoms in total. The van der Waals surface area contributed by atoms with E-state index in [1.807, 2.05) is 0 Å². The molecule has 0 aliphatic heterocycles.